The maximum atomic E-state index is 13.2. The van der Waals surface area contributed by atoms with Crippen molar-refractivity contribution < 1.29 is 9.13 Å². The molecule has 0 atom stereocenters. The van der Waals surface area contributed by atoms with Gasteiger partial charge in [0.15, 0.2) is 0 Å². The Morgan fingerprint density at radius 3 is 2.71 bits per heavy atom. The first-order chi connectivity index (χ1) is 7.75. The summed E-state index contributed by atoms with van der Waals surface area (Å²) in [5, 5.41) is 3.31. The average Bonchev–Trinajstić information content (AvgIpc) is 2.32. The molecule has 0 aromatic heterocycles. The number of halogens is 3. The lowest BCUT2D eigenvalue weighted by molar-refractivity contribution is 0.214. The van der Waals surface area contributed by atoms with Gasteiger partial charge in [-0.15, -0.1) is 12.4 Å². The number of benzene rings is 1. The van der Waals surface area contributed by atoms with Crippen molar-refractivity contribution in [2.75, 3.05) is 19.7 Å². The van der Waals surface area contributed by atoms with E-state index < -0.39 is 0 Å². The minimum Gasteiger partial charge on any atom is -0.493 e. The first-order valence-corrected chi connectivity index (χ1v) is 6.33. The number of ether oxygens (including phenoxy) is 1. The van der Waals surface area contributed by atoms with Crippen molar-refractivity contribution in [3.05, 3.63) is 28.5 Å². The van der Waals surface area contributed by atoms with Gasteiger partial charge >= 0.3 is 0 Å². The minimum absolute atomic E-state index is 0. The summed E-state index contributed by atoms with van der Waals surface area (Å²) >= 11 is 3.12. The number of hydrogen-bond acceptors (Lipinski definition) is 2. The summed E-state index contributed by atoms with van der Waals surface area (Å²) in [6.45, 7) is 2.80. The highest BCUT2D eigenvalue weighted by Crippen LogP contribution is 2.22. The fourth-order valence-electron chi connectivity index (χ4n) is 1.83. The van der Waals surface area contributed by atoms with Crippen molar-refractivity contribution in [1.29, 1.82) is 0 Å². The predicted octanol–water partition coefficient (Wildman–Crippen LogP) is 3.39. The highest BCUT2D eigenvalue weighted by Gasteiger charge is 2.13. The van der Waals surface area contributed by atoms with Gasteiger partial charge in [0.2, 0.25) is 0 Å². The predicted molar refractivity (Wildman–Crippen MR) is 72.4 cm³/mol. The van der Waals surface area contributed by atoms with Gasteiger partial charge in [0.05, 0.1) is 11.1 Å². The van der Waals surface area contributed by atoms with Gasteiger partial charge < -0.3 is 10.1 Å². The van der Waals surface area contributed by atoms with E-state index in [9.17, 15) is 4.39 Å². The average molecular weight is 325 g/mol. The molecule has 17 heavy (non-hydrogen) atoms. The molecule has 1 N–H and O–H groups in total. The van der Waals surface area contributed by atoms with E-state index in [1.54, 1.807) is 12.1 Å². The molecule has 1 fully saturated rings. The zero-order valence-corrected chi connectivity index (χ0v) is 11.8. The Kier molecular flexibility index (Phi) is 6.23. The van der Waals surface area contributed by atoms with Gasteiger partial charge in [-0.2, -0.15) is 0 Å². The second kappa shape index (κ2) is 7.19. The van der Waals surface area contributed by atoms with Crippen molar-refractivity contribution in [3.63, 3.8) is 0 Å². The highest BCUT2D eigenvalue weighted by atomic mass is 79.9. The van der Waals surface area contributed by atoms with Crippen LogP contribution in [0.4, 0.5) is 4.39 Å². The molecule has 2 rings (SSSR count). The monoisotopic (exact) mass is 323 g/mol. The van der Waals surface area contributed by atoms with Crippen LogP contribution in [0.15, 0.2) is 22.7 Å². The maximum absolute atomic E-state index is 13.2. The maximum Gasteiger partial charge on any atom is 0.141 e. The molecule has 5 heteroatoms. The highest BCUT2D eigenvalue weighted by molar-refractivity contribution is 9.10. The third-order valence-corrected chi connectivity index (χ3v) is 3.48. The van der Waals surface area contributed by atoms with Crippen LogP contribution in [-0.2, 0) is 0 Å². The molecule has 0 aliphatic carbocycles. The molecule has 1 aliphatic heterocycles. The second-order valence-electron chi connectivity index (χ2n) is 4.08. The summed E-state index contributed by atoms with van der Waals surface area (Å²) < 4.78 is 19.3. The van der Waals surface area contributed by atoms with E-state index in [0.717, 1.165) is 25.9 Å². The molecule has 0 amide bonds. The zero-order chi connectivity index (χ0) is 11.4. The molecule has 1 saturated heterocycles. The number of hydrogen-bond donors (Lipinski definition) is 1. The minimum atomic E-state index is -0.275. The third kappa shape index (κ3) is 4.45. The normalized spacial score (nSPS) is 16.4. The van der Waals surface area contributed by atoms with Crippen LogP contribution in [-0.4, -0.2) is 19.7 Å². The molecule has 96 valence electrons. The fraction of sp³-hybridized carbons (Fsp3) is 0.500. The molecule has 2 nitrogen and oxygen atoms in total. The lowest BCUT2D eigenvalue weighted by Crippen LogP contribution is -2.30. The Balaban J connectivity index is 0.00000144. The molecule has 1 aromatic carbocycles. The summed E-state index contributed by atoms with van der Waals surface area (Å²) in [6, 6.07) is 4.88. The van der Waals surface area contributed by atoms with Crippen LogP contribution in [0.2, 0.25) is 0 Å². The van der Waals surface area contributed by atoms with E-state index >= 15 is 0 Å². The topological polar surface area (TPSA) is 21.3 Å². The van der Waals surface area contributed by atoms with Gasteiger partial charge in [0.25, 0.3) is 0 Å². The number of piperidine rings is 1. The van der Waals surface area contributed by atoms with Crippen LogP contribution in [0, 0.1) is 11.7 Å². The first kappa shape index (κ1) is 14.7. The Morgan fingerprint density at radius 2 is 2.06 bits per heavy atom. The Bertz CT molecular complexity index is 358. The van der Waals surface area contributed by atoms with Crippen molar-refractivity contribution >= 4 is 28.3 Å². The molecule has 0 radical (unpaired) electrons. The van der Waals surface area contributed by atoms with Gasteiger partial charge in [0, 0.05) is 6.07 Å². The summed E-state index contributed by atoms with van der Waals surface area (Å²) in [4.78, 5) is 0. The number of nitrogens with one attached hydrogen (secondary N) is 1. The van der Waals surface area contributed by atoms with E-state index in [1.165, 1.54) is 6.07 Å². The standard InChI is InChI=1S/C12H15BrFNO.ClH/c13-11-2-1-10(7-12(11)14)16-8-9-3-5-15-6-4-9;/h1-2,7,9,15H,3-6,8H2;1H. The Morgan fingerprint density at radius 1 is 1.35 bits per heavy atom. The van der Waals surface area contributed by atoms with Crippen molar-refractivity contribution in [2.45, 2.75) is 12.8 Å². The Labute approximate surface area is 115 Å². The SMILES string of the molecule is Cl.Fc1cc(OCC2CCNCC2)ccc1Br. The van der Waals surface area contributed by atoms with E-state index in [-0.39, 0.29) is 18.2 Å². The molecule has 1 aromatic rings. The van der Waals surface area contributed by atoms with Crippen LogP contribution >= 0.6 is 28.3 Å². The van der Waals surface area contributed by atoms with E-state index in [2.05, 4.69) is 21.2 Å². The summed E-state index contributed by atoms with van der Waals surface area (Å²) in [7, 11) is 0. The molecular weight excluding hydrogens is 308 g/mol. The number of rotatable bonds is 3. The van der Waals surface area contributed by atoms with Crippen LogP contribution in [0.1, 0.15) is 12.8 Å². The van der Waals surface area contributed by atoms with Crippen LogP contribution in [0.3, 0.4) is 0 Å². The quantitative estimate of drug-likeness (QED) is 0.920. The molecule has 0 saturated carbocycles. The smallest absolute Gasteiger partial charge is 0.141 e. The van der Waals surface area contributed by atoms with Gasteiger partial charge in [-0.3, -0.25) is 0 Å². The van der Waals surface area contributed by atoms with Crippen LogP contribution < -0.4 is 10.1 Å². The molecular formula is C12H16BrClFNO. The van der Waals surface area contributed by atoms with Gasteiger partial charge in [0.1, 0.15) is 11.6 Å². The van der Waals surface area contributed by atoms with E-state index in [4.69, 9.17) is 4.74 Å². The van der Waals surface area contributed by atoms with E-state index in [1.807, 2.05) is 0 Å². The van der Waals surface area contributed by atoms with Crippen molar-refractivity contribution in [3.8, 4) is 5.75 Å². The first-order valence-electron chi connectivity index (χ1n) is 5.54. The lowest BCUT2D eigenvalue weighted by atomic mass is 9.99. The third-order valence-electron chi connectivity index (χ3n) is 2.84. The van der Waals surface area contributed by atoms with Gasteiger partial charge in [-0.25, -0.2) is 4.39 Å². The second-order valence-corrected chi connectivity index (χ2v) is 4.93. The summed E-state index contributed by atoms with van der Waals surface area (Å²) in [5.74, 6) is 0.926. The lowest BCUT2D eigenvalue weighted by Gasteiger charge is -2.22. The van der Waals surface area contributed by atoms with E-state index in [0.29, 0.717) is 22.7 Å². The molecule has 0 bridgehead atoms. The Hall–Kier alpha value is -0.320. The van der Waals surface area contributed by atoms with Gasteiger partial charge in [-0.1, -0.05) is 0 Å². The largest absolute Gasteiger partial charge is 0.493 e. The van der Waals surface area contributed by atoms with Gasteiger partial charge in [-0.05, 0) is 59.9 Å². The van der Waals surface area contributed by atoms with Crippen molar-refractivity contribution in [2.24, 2.45) is 5.92 Å². The van der Waals surface area contributed by atoms with Crippen molar-refractivity contribution in [1.82, 2.24) is 5.32 Å². The van der Waals surface area contributed by atoms with Crippen LogP contribution in [0.25, 0.3) is 0 Å². The molecule has 0 unspecified atom stereocenters. The fourth-order valence-corrected chi connectivity index (χ4v) is 2.08. The summed E-state index contributed by atoms with van der Waals surface area (Å²) in [5.41, 5.74) is 0. The summed E-state index contributed by atoms with van der Waals surface area (Å²) in [6.07, 6.45) is 2.28. The molecule has 0 spiro atoms. The van der Waals surface area contributed by atoms with Crippen LogP contribution in [0.5, 0.6) is 5.75 Å². The molecule has 1 heterocycles. The molecule has 1 aliphatic rings. The zero-order valence-electron chi connectivity index (χ0n) is 9.42.